The number of ether oxygens (including phenoxy) is 1. The van der Waals surface area contributed by atoms with Gasteiger partial charge in [-0.05, 0) is 32.1 Å². The van der Waals surface area contributed by atoms with E-state index in [1.807, 2.05) is 0 Å². The Morgan fingerprint density at radius 2 is 1.75 bits per heavy atom. The largest absolute Gasteiger partial charge is 0.391 e. The van der Waals surface area contributed by atoms with Crippen molar-refractivity contribution < 1.29 is 9.84 Å². The highest BCUT2D eigenvalue weighted by molar-refractivity contribution is 4.94. The Labute approximate surface area is 97.8 Å². The summed E-state index contributed by atoms with van der Waals surface area (Å²) in [6, 6.07) is 1.02. The van der Waals surface area contributed by atoms with Gasteiger partial charge >= 0.3 is 0 Å². The van der Waals surface area contributed by atoms with E-state index in [-0.39, 0.29) is 6.10 Å². The maximum absolute atomic E-state index is 10.0. The van der Waals surface area contributed by atoms with Crippen LogP contribution in [0.5, 0.6) is 0 Å². The van der Waals surface area contributed by atoms with Crippen LogP contribution >= 0.6 is 0 Å². The van der Waals surface area contributed by atoms with Crippen LogP contribution in [0.4, 0.5) is 0 Å². The fourth-order valence-corrected chi connectivity index (χ4v) is 3.85. The first-order valence-corrected chi connectivity index (χ1v) is 6.91. The van der Waals surface area contributed by atoms with Crippen molar-refractivity contribution in [2.45, 2.75) is 69.2 Å². The molecule has 2 unspecified atom stereocenters. The summed E-state index contributed by atoms with van der Waals surface area (Å²) in [6.07, 6.45) is 8.91. The molecule has 4 atom stereocenters. The first-order valence-electron chi connectivity index (χ1n) is 6.91. The fourth-order valence-electron chi connectivity index (χ4n) is 3.85. The third kappa shape index (κ3) is 1.89. The Kier molecular flexibility index (Phi) is 3.18. The lowest BCUT2D eigenvalue weighted by molar-refractivity contribution is -0.113. The Morgan fingerprint density at radius 3 is 2.56 bits per heavy atom. The first-order chi connectivity index (χ1) is 7.86. The first kappa shape index (κ1) is 11.0. The number of rotatable bonds is 1. The summed E-state index contributed by atoms with van der Waals surface area (Å²) in [5, 5.41) is 10.0. The minimum absolute atomic E-state index is 0.0827. The van der Waals surface area contributed by atoms with Crippen LogP contribution in [0.15, 0.2) is 0 Å². The molecule has 3 heteroatoms. The molecule has 0 amide bonds. The second-order valence-electron chi connectivity index (χ2n) is 5.56. The Balaban J connectivity index is 1.72. The lowest BCUT2D eigenvalue weighted by Gasteiger charge is -2.47. The lowest BCUT2D eigenvalue weighted by atomic mass is 9.89. The maximum atomic E-state index is 10.0. The van der Waals surface area contributed by atoms with E-state index in [0.29, 0.717) is 18.2 Å². The Hall–Kier alpha value is -0.120. The topological polar surface area (TPSA) is 32.7 Å². The number of hydrogen-bond donors (Lipinski definition) is 1. The summed E-state index contributed by atoms with van der Waals surface area (Å²) in [5.74, 6) is 0. The summed E-state index contributed by atoms with van der Waals surface area (Å²) in [4.78, 5) is 2.57. The number of aliphatic hydroxyl groups excluding tert-OH is 1. The van der Waals surface area contributed by atoms with Crippen LogP contribution in [0, 0.1) is 0 Å². The van der Waals surface area contributed by atoms with Crippen LogP contribution in [0.25, 0.3) is 0 Å². The van der Waals surface area contributed by atoms with Crippen LogP contribution in [-0.4, -0.2) is 47.4 Å². The van der Waals surface area contributed by atoms with Gasteiger partial charge in [0.05, 0.1) is 18.8 Å². The van der Waals surface area contributed by atoms with Gasteiger partial charge in [-0.15, -0.1) is 0 Å². The molecule has 0 aromatic rings. The van der Waals surface area contributed by atoms with Crippen molar-refractivity contribution in [3.63, 3.8) is 0 Å². The monoisotopic (exact) mass is 225 g/mol. The molecule has 2 aliphatic carbocycles. The minimum atomic E-state index is -0.0827. The molecule has 3 fully saturated rings. The van der Waals surface area contributed by atoms with E-state index in [1.165, 1.54) is 38.5 Å². The van der Waals surface area contributed by atoms with Gasteiger partial charge in [-0.2, -0.15) is 0 Å². The molecule has 3 rings (SSSR count). The molecule has 1 heterocycles. The molecule has 92 valence electrons. The van der Waals surface area contributed by atoms with E-state index >= 15 is 0 Å². The van der Waals surface area contributed by atoms with Gasteiger partial charge in [-0.1, -0.05) is 12.8 Å². The fraction of sp³-hybridized carbons (Fsp3) is 1.00. The van der Waals surface area contributed by atoms with E-state index in [9.17, 15) is 5.11 Å². The highest BCUT2D eigenvalue weighted by Crippen LogP contribution is 2.34. The summed E-state index contributed by atoms with van der Waals surface area (Å²) in [7, 11) is 0. The molecule has 16 heavy (non-hydrogen) atoms. The van der Waals surface area contributed by atoms with Gasteiger partial charge < -0.3 is 9.84 Å². The van der Waals surface area contributed by atoms with Gasteiger partial charge in [0.25, 0.3) is 0 Å². The third-order valence-electron chi connectivity index (χ3n) is 4.65. The number of nitrogens with zero attached hydrogens (tertiary/aromatic N) is 1. The molecule has 0 radical (unpaired) electrons. The van der Waals surface area contributed by atoms with Crippen molar-refractivity contribution in [2.75, 3.05) is 13.2 Å². The molecule has 1 aliphatic heterocycles. The van der Waals surface area contributed by atoms with Crippen molar-refractivity contribution in [2.24, 2.45) is 0 Å². The van der Waals surface area contributed by atoms with E-state index in [4.69, 9.17) is 4.74 Å². The van der Waals surface area contributed by atoms with Crippen molar-refractivity contribution in [1.29, 1.82) is 0 Å². The minimum Gasteiger partial charge on any atom is -0.391 e. The van der Waals surface area contributed by atoms with E-state index < -0.39 is 0 Å². The molecular weight excluding hydrogens is 202 g/mol. The standard InChI is InChI=1S/C13H23NO2/c15-12-6-3-5-10(12)14-8-9-16-13-7-2-1-4-11(13)14/h10-13,15H,1-9H2/t10-,11?,12-,13?/m1/s1. The van der Waals surface area contributed by atoms with Gasteiger partial charge in [-0.25, -0.2) is 0 Å². The maximum Gasteiger partial charge on any atom is 0.0731 e. The quantitative estimate of drug-likeness (QED) is 0.735. The molecule has 1 saturated heterocycles. The normalized spacial score (nSPS) is 45.6. The molecule has 0 spiro atoms. The van der Waals surface area contributed by atoms with Crippen molar-refractivity contribution >= 4 is 0 Å². The third-order valence-corrected chi connectivity index (χ3v) is 4.65. The number of hydrogen-bond acceptors (Lipinski definition) is 3. The van der Waals surface area contributed by atoms with Crippen LogP contribution in [0.3, 0.4) is 0 Å². The molecular formula is C13H23NO2. The molecule has 2 saturated carbocycles. The van der Waals surface area contributed by atoms with Crippen LogP contribution in [0.1, 0.15) is 44.9 Å². The summed E-state index contributed by atoms with van der Waals surface area (Å²) in [5.41, 5.74) is 0. The summed E-state index contributed by atoms with van der Waals surface area (Å²) in [6.45, 7) is 1.90. The number of aliphatic hydroxyl groups is 1. The highest BCUT2D eigenvalue weighted by atomic mass is 16.5. The zero-order chi connectivity index (χ0) is 11.0. The number of fused-ring (bicyclic) bond motifs is 1. The highest BCUT2D eigenvalue weighted by Gasteiger charge is 2.41. The van der Waals surface area contributed by atoms with Gasteiger partial charge in [0.15, 0.2) is 0 Å². The van der Waals surface area contributed by atoms with E-state index in [2.05, 4.69) is 4.90 Å². The second-order valence-corrected chi connectivity index (χ2v) is 5.56. The SMILES string of the molecule is O[C@@H]1CCC[C@H]1N1CCOC2CCCCC21. The van der Waals surface area contributed by atoms with Crippen LogP contribution in [-0.2, 0) is 4.74 Å². The van der Waals surface area contributed by atoms with Crippen LogP contribution < -0.4 is 0 Å². The van der Waals surface area contributed by atoms with Gasteiger partial charge in [0.2, 0.25) is 0 Å². The Morgan fingerprint density at radius 1 is 0.938 bits per heavy atom. The van der Waals surface area contributed by atoms with Gasteiger partial charge in [0, 0.05) is 18.6 Å². The molecule has 0 bridgehead atoms. The van der Waals surface area contributed by atoms with Crippen molar-refractivity contribution in [3.8, 4) is 0 Å². The molecule has 0 aromatic heterocycles. The van der Waals surface area contributed by atoms with E-state index in [1.54, 1.807) is 0 Å². The van der Waals surface area contributed by atoms with Gasteiger partial charge in [-0.3, -0.25) is 4.90 Å². The average molecular weight is 225 g/mol. The van der Waals surface area contributed by atoms with E-state index in [0.717, 1.165) is 19.6 Å². The summed E-state index contributed by atoms with van der Waals surface area (Å²) < 4.78 is 5.88. The molecule has 1 N–H and O–H groups in total. The van der Waals surface area contributed by atoms with Crippen molar-refractivity contribution in [1.82, 2.24) is 4.90 Å². The zero-order valence-corrected chi connectivity index (χ0v) is 9.98. The van der Waals surface area contributed by atoms with Crippen LogP contribution in [0.2, 0.25) is 0 Å². The smallest absolute Gasteiger partial charge is 0.0731 e. The molecule has 0 aromatic carbocycles. The lowest BCUT2D eigenvalue weighted by Crippen LogP contribution is -2.57. The predicted octanol–water partition coefficient (Wildman–Crippen LogP) is 1.54. The van der Waals surface area contributed by atoms with Crippen molar-refractivity contribution in [3.05, 3.63) is 0 Å². The summed E-state index contributed by atoms with van der Waals surface area (Å²) >= 11 is 0. The predicted molar refractivity (Wildman–Crippen MR) is 62.3 cm³/mol. The average Bonchev–Trinajstić information content (AvgIpc) is 2.75. The molecule has 3 nitrogen and oxygen atoms in total. The zero-order valence-electron chi connectivity index (χ0n) is 9.98. The number of morpholine rings is 1. The Bertz CT molecular complexity index is 244. The van der Waals surface area contributed by atoms with Gasteiger partial charge in [0.1, 0.15) is 0 Å². The second kappa shape index (κ2) is 4.63. The molecule has 3 aliphatic rings.